The molecule has 0 radical (unpaired) electrons. The standard InChI is InChI=1S/C25H36N4O3/c1-5-7-24(30)29-22-12-9-20(10-13-22)17-27-25(26-6-2)28-18-21-11-8-19(3)16-23(21)32-15-14-31-4/h8-13,16H,5-7,14-15,17-18H2,1-4H3,(H,29,30)(H2,26,27,28). The van der Waals surface area contributed by atoms with Crippen LogP contribution in [-0.4, -0.2) is 38.7 Å². The van der Waals surface area contributed by atoms with E-state index >= 15 is 0 Å². The molecule has 0 unspecified atom stereocenters. The summed E-state index contributed by atoms with van der Waals surface area (Å²) in [6.45, 7) is 9.02. The molecule has 7 heteroatoms. The number of ether oxygens (including phenoxy) is 2. The summed E-state index contributed by atoms with van der Waals surface area (Å²) < 4.78 is 11.0. The number of amides is 1. The summed E-state index contributed by atoms with van der Waals surface area (Å²) >= 11 is 0. The summed E-state index contributed by atoms with van der Waals surface area (Å²) in [5, 5.41) is 9.56. The molecule has 0 aliphatic heterocycles. The van der Waals surface area contributed by atoms with E-state index in [-0.39, 0.29) is 5.91 Å². The number of anilines is 1. The molecular formula is C25H36N4O3. The third-order valence-corrected chi connectivity index (χ3v) is 4.69. The molecule has 1 amide bonds. The van der Waals surface area contributed by atoms with Crippen molar-refractivity contribution < 1.29 is 14.3 Å². The van der Waals surface area contributed by atoms with E-state index in [1.165, 1.54) is 0 Å². The molecule has 32 heavy (non-hydrogen) atoms. The number of rotatable bonds is 12. The van der Waals surface area contributed by atoms with Crippen LogP contribution in [-0.2, 0) is 22.6 Å². The fourth-order valence-corrected chi connectivity index (χ4v) is 3.01. The molecule has 0 atom stereocenters. The van der Waals surface area contributed by atoms with Crippen LogP contribution in [0.4, 0.5) is 5.69 Å². The van der Waals surface area contributed by atoms with Crippen molar-refractivity contribution in [1.82, 2.24) is 10.6 Å². The van der Waals surface area contributed by atoms with Gasteiger partial charge in [0.25, 0.3) is 0 Å². The Bertz CT molecular complexity index is 866. The minimum Gasteiger partial charge on any atom is -0.491 e. The van der Waals surface area contributed by atoms with E-state index in [4.69, 9.17) is 9.47 Å². The average molecular weight is 441 g/mol. The van der Waals surface area contributed by atoms with Crippen molar-refractivity contribution >= 4 is 17.6 Å². The molecule has 7 nitrogen and oxygen atoms in total. The zero-order valence-electron chi connectivity index (χ0n) is 19.7. The predicted molar refractivity (Wildman–Crippen MR) is 130 cm³/mol. The van der Waals surface area contributed by atoms with Gasteiger partial charge >= 0.3 is 0 Å². The molecular weight excluding hydrogens is 404 g/mol. The highest BCUT2D eigenvalue weighted by molar-refractivity contribution is 5.90. The highest BCUT2D eigenvalue weighted by Gasteiger charge is 2.06. The topological polar surface area (TPSA) is 84.0 Å². The third kappa shape index (κ3) is 8.98. The van der Waals surface area contributed by atoms with Gasteiger partial charge in [0.2, 0.25) is 5.91 Å². The number of aryl methyl sites for hydroxylation is 1. The molecule has 174 valence electrons. The molecule has 2 aromatic carbocycles. The Morgan fingerprint density at radius 2 is 1.81 bits per heavy atom. The molecule has 0 heterocycles. The van der Waals surface area contributed by atoms with Crippen molar-refractivity contribution in [3.8, 4) is 5.75 Å². The van der Waals surface area contributed by atoms with E-state index in [2.05, 4.69) is 33.1 Å². The Balaban J connectivity index is 1.98. The summed E-state index contributed by atoms with van der Waals surface area (Å²) in [6, 6.07) is 14.0. The van der Waals surface area contributed by atoms with Gasteiger partial charge in [0.1, 0.15) is 12.4 Å². The van der Waals surface area contributed by atoms with Gasteiger partial charge in [-0.1, -0.05) is 31.2 Å². The maximum absolute atomic E-state index is 11.7. The summed E-state index contributed by atoms with van der Waals surface area (Å²) in [4.78, 5) is 16.4. The van der Waals surface area contributed by atoms with E-state index in [0.717, 1.165) is 47.1 Å². The predicted octanol–water partition coefficient (Wildman–Crippen LogP) is 4.01. The highest BCUT2D eigenvalue weighted by Crippen LogP contribution is 2.20. The van der Waals surface area contributed by atoms with Crippen LogP contribution in [0.15, 0.2) is 47.5 Å². The highest BCUT2D eigenvalue weighted by atomic mass is 16.5. The normalized spacial score (nSPS) is 11.2. The summed E-state index contributed by atoms with van der Waals surface area (Å²) in [7, 11) is 1.66. The minimum absolute atomic E-state index is 0.0403. The van der Waals surface area contributed by atoms with Gasteiger partial charge in [-0.25, -0.2) is 4.99 Å². The quantitative estimate of drug-likeness (QED) is 0.264. The molecule has 0 bridgehead atoms. The van der Waals surface area contributed by atoms with E-state index in [1.54, 1.807) is 7.11 Å². The molecule has 0 aliphatic rings. The zero-order chi connectivity index (χ0) is 23.2. The Kier molecular flexibility index (Phi) is 11.1. The number of nitrogens with one attached hydrogen (secondary N) is 3. The first-order valence-electron chi connectivity index (χ1n) is 11.2. The van der Waals surface area contributed by atoms with Crippen LogP contribution in [0, 0.1) is 6.92 Å². The zero-order valence-corrected chi connectivity index (χ0v) is 19.7. The van der Waals surface area contributed by atoms with E-state index < -0.39 is 0 Å². The van der Waals surface area contributed by atoms with E-state index in [9.17, 15) is 4.79 Å². The molecule has 0 aromatic heterocycles. The number of carbonyl (C=O) groups excluding carboxylic acids is 1. The van der Waals surface area contributed by atoms with Crippen LogP contribution >= 0.6 is 0 Å². The lowest BCUT2D eigenvalue weighted by molar-refractivity contribution is -0.116. The maximum atomic E-state index is 11.7. The van der Waals surface area contributed by atoms with Gasteiger partial charge in [-0.15, -0.1) is 0 Å². The van der Waals surface area contributed by atoms with E-state index in [1.807, 2.05) is 51.1 Å². The second-order valence-electron chi connectivity index (χ2n) is 7.50. The minimum atomic E-state index is 0.0403. The number of aliphatic imine (C=N–C) groups is 1. The first kappa shape index (κ1) is 25.2. The number of hydrogen-bond acceptors (Lipinski definition) is 4. The first-order valence-corrected chi connectivity index (χ1v) is 11.2. The molecule has 0 saturated heterocycles. The van der Waals surface area contributed by atoms with Gasteiger partial charge < -0.3 is 25.4 Å². The van der Waals surface area contributed by atoms with E-state index in [0.29, 0.717) is 32.7 Å². The van der Waals surface area contributed by atoms with Gasteiger partial charge in [-0.05, 0) is 49.6 Å². The van der Waals surface area contributed by atoms with Crippen LogP contribution in [0.25, 0.3) is 0 Å². The second-order valence-corrected chi connectivity index (χ2v) is 7.50. The summed E-state index contributed by atoms with van der Waals surface area (Å²) in [5.41, 5.74) is 4.08. The van der Waals surface area contributed by atoms with Crippen molar-refractivity contribution in [2.75, 3.05) is 32.2 Å². The van der Waals surface area contributed by atoms with Crippen LogP contribution in [0.2, 0.25) is 0 Å². The smallest absolute Gasteiger partial charge is 0.224 e. The fourth-order valence-electron chi connectivity index (χ4n) is 3.01. The van der Waals surface area contributed by atoms with Gasteiger partial charge in [-0.2, -0.15) is 0 Å². The Labute approximate surface area is 191 Å². The van der Waals surface area contributed by atoms with Crippen LogP contribution in [0.1, 0.15) is 43.4 Å². The lowest BCUT2D eigenvalue weighted by atomic mass is 10.1. The third-order valence-electron chi connectivity index (χ3n) is 4.69. The SMILES string of the molecule is CCCC(=O)Nc1ccc(CN=C(NCC)NCc2ccc(C)cc2OCCOC)cc1. The molecule has 0 saturated carbocycles. The number of nitrogens with zero attached hydrogens (tertiary/aromatic N) is 1. The Morgan fingerprint density at radius 1 is 1.03 bits per heavy atom. The molecule has 2 aromatic rings. The van der Waals surface area contributed by atoms with Crippen molar-refractivity contribution in [3.05, 3.63) is 59.2 Å². The van der Waals surface area contributed by atoms with Crippen LogP contribution < -0.4 is 20.7 Å². The molecule has 0 aliphatic carbocycles. The number of hydrogen-bond donors (Lipinski definition) is 3. The van der Waals surface area contributed by atoms with Crippen molar-refractivity contribution in [3.63, 3.8) is 0 Å². The number of carbonyl (C=O) groups is 1. The fraction of sp³-hybridized carbons (Fsp3) is 0.440. The van der Waals surface area contributed by atoms with Gasteiger partial charge in [0.15, 0.2) is 5.96 Å². The number of methoxy groups -OCH3 is 1. The lowest BCUT2D eigenvalue weighted by Gasteiger charge is -2.15. The molecule has 2 rings (SSSR count). The maximum Gasteiger partial charge on any atom is 0.224 e. The average Bonchev–Trinajstić information content (AvgIpc) is 2.78. The van der Waals surface area contributed by atoms with Gasteiger partial charge in [0.05, 0.1) is 13.2 Å². The largest absolute Gasteiger partial charge is 0.491 e. The summed E-state index contributed by atoms with van der Waals surface area (Å²) in [5.74, 6) is 1.63. The molecule has 0 fully saturated rings. The first-order chi connectivity index (χ1) is 15.5. The van der Waals surface area contributed by atoms with Crippen LogP contribution in [0.5, 0.6) is 5.75 Å². The lowest BCUT2D eigenvalue weighted by Crippen LogP contribution is -2.36. The molecule has 0 spiro atoms. The Hall–Kier alpha value is -3.06. The number of benzene rings is 2. The summed E-state index contributed by atoms with van der Waals surface area (Å²) in [6.07, 6.45) is 1.37. The van der Waals surface area contributed by atoms with Crippen LogP contribution in [0.3, 0.4) is 0 Å². The monoisotopic (exact) mass is 440 g/mol. The molecule has 3 N–H and O–H groups in total. The van der Waals surface area contributed by atoms with Gasteiger partial charge in [0, 0.05) is 37.9 Å². The Morgan fingerprint density at radius 3 is 2.50 bits per heavy atom. The number of guanidine groups is 1. The van der Waals surface area contributed by atoms with Crippen molar-refractivity contribution in [2.24, 2.45) is 4.99 Å². The van der Waals surface area contributed by atoms with Crippen molar-refractivity contribution in [1.29, 1.82) is 0 Å². The second kappa shape index (κ2) is 14.1. The van der Waals surface area contributed by atoms with Crippen molar-refractivity contribution in [2.45, 2.75) is 46.7 Å². The van der Waals surface area contributed by atoms with Gasteiger partial charge in [-0.3, -0.25) is 4.79 Å².